The van der Waals surface area contributed by atoms with Gasteiger partial charge in [-0.15, -0.1) is 0 Å². The second-order valence-electron chi connectivity index (χ2n) is 5.70. The normalized spacial score (nSPS) is 12.0. The SMILES string of the molecule is CC(=O)c1cccc(O[C@@H](C)C(=O)Nc2cc(C(C)C)[nH]n2)c1. The number of amides is 1. The van der Waals surface area contributed by atoms with Crippen LogP contribution in [0.3, 0.4) is 0 Å². The quantitative estimate of drug-likeness (QED) is 0.802. The third kappa shape index (κ3) is 4.42. The van der Waals surface area contributed by atoms with Gasteiger partial charge in [-0.05, 0) is 31.9 Å². The number of carbonyl (C=O) groups excluding carboxylic acids is 2. The zero-order valence-corrected chi connectivity index (χ0v) is 13.7. The number of rotatable bonds is 6. The fourth-order valence-electron chi connectivity index (χ4n) is 1.97. The first-order valence-electron chi connectivity index (χ1n) is 7.50. The topological polar surface area (TPSA) is 84.1 Å². The van der Waals surface area contributed by atoms with Crippen LogP contribution in [0.25, 0.3) is 0 Å². The number of aromatic nitrogens is 2. The Morgan fingerprint density at radius 2 is 1.96 bits per heavy atom. The zero-order chi connectivity index (χ0) is 17.0. The van der Waals surface area contributed by atoms with Crippen LogP contribution < -0.4 is 10.1 Å². The summed E-state index contributed by atoms with van der Waals surface area (Å²) in [6.07, 6.45) is -0.712. The average Bonchev–Trinajstić information content (AvgIpc) is 2.96. The minimum Gasteiger partial charge on any atom is -0.481 e. The molecule has 1 aromatic carbocycles. The summed E-state index contributed by atoms with van der Waals surface area (Å²) in [6, 6.07) is 8.56. The molecule has 1 amide bonds. The molecule has 0 aliphatic heterocycles. The second kappa shape index (κ2) is 7.09. The van der Waals surface area contributed by atoms with Crippen molar-refractivity contribution in [3.05, 3.63) is 41.6 Å². The van der Waals surface area contributed by atoms with Gasteiger partial charge in [0, 0.05) is 17.3 Å². The Morgan fingerprint density at radius 1 is 1.22 bits per heavy atom. The Balaban J connectivity index is 1.99. The van der Waals surface area contributed by atoms with Gasteiger partial charge in [-0.1, -0.05) is 26.0 Å². The van der Waals surface area contributed by atoms with Crippen LogP contribution in [-0.2, 0) is 4.79 Å². The van der Waals surface area contributed by atoms with Gasteiger partial charge in [0.25, 0.3) is 5.91 Å². The summed E-state index contributed by atoms with van der Waals surface area (Å²) in [5.41, 5.74) is 1.49. The summed E-state index contributed by atoms with van der Waals surface area (Å²) < 4.78 is 5.59. The van der Waals surface area contributed by atoms with Crippen LogP contribution in [-0.4, -0.2) is 28.0 Å². The molecule has 0 aliphatic carbocycles. The Morgan fingerprint density at radius 3 is 2.57 bits per heavy atom. The van der Waals surface area contributed by atoms with Crippen molar-refractivity contribution in [1.82, 2.24) is 10.2 Å². The number of hydrogen-bond acceptors (Lipinski definition) is 4. The van der Waals surface area contributed by atoms with E-state index < -0.39 is 6.10 Å². The number of nitrogens with one attached hydrogen (secondary N) is 2. The summed E-state index contributed by atoms with van der Waals surface area (Å²) in [5.74, 6) is 0.887. The van der Waals surface area contributed by atoms with E-state index in [0.29, 0.717) is 23.0 Å². The highest BCUT2D eigenvalue weighted by Gasteiger charge is 2.17. The first kappa shape index (κ1) is 16.7. The Labute approximate surface area is 135 Å². The number of hydrogen-bond donors (Lipinski definition) is 2. The van der Waals surface area contributed by atoms with Crippen molar-refractivity contribution < 1.29 is 14.3 Å². The van der Waals surface area contributed by atoms with Crippen LogP contribution in [0.5, 0.6) is 5.75 Å². The third-order valence-electron chi connectivity index (χ3n) is 3.39. The Bertz CT molecular complexity index is 707. The molecule has 0 radical (unpaired) electrons. The molecule has 1 atom stereocenters. The van der Waals surface area contributed by atoms with E-state index >= 15 is 0 Å². The molecule has 0 unspecified atom stereocenters. The van der Waals surface area contributed by atoms with Gasteiger partial charge >= 0.3 is 0 Å². The minimum absolute atomic E-state index is 0.0507. The highest BCUT2D eigenvalue weighted by Crippen LogP contribution is 2.17. The van der Waals surface area contributed by atoms with E-state index in [1.165, 1.54) is 6.92 Å². The van der Waals surface area contributed by atoms with E-state index in [0.717, 1.165) is 5.69 Å². The molecule has 0 bridgehead atoms. The number of anilines is 1. The average molecular weight is 315 g/mol. The van der Waals surface area contributed by atoms with E-state index in [-0.39, 0.29) is 11.7 Å². The molecule has 1 heterocycles. The number of H-pyrrole nitrogens is 1. The van der Waals surface area contributed by atoms with Crippen molar-refractivity contribution in [1.29, 1.82) is 0 Å². The van der Waals surface area contributed by atoms with Gasteiger partial charge in [0.2, 0.25) is 0 Å². The first-order chi connectivity index (χ1) is 10.9. The number of Topliss-reactive ketones (excluding diaryl/α,β-unsaturated/α-hetero) is 1. The van der Waals surface area contributed by atoms with E-state index in [2.05, 4.69) is 15.5 Å². The summed E-state index contributed by atoms with van der Waals surface area (Å²) in [7, 11) is 0. The molecule has 2 rings (SSSR count). The van der Waals surface area contributed by atoms with Crippen molar-refractivity contribution in [2.45, 2.75) is 39.7 Å². The van der Waals surface area contributed by atoms with Crippen molar-refractivity contribution in [2.24, 2.45) is 0 Å². The highest BCUT2D eigenvalue weighted by atomic mass is 16.5. The van der Waals surface area contributed by atoms with Crippen LogP contribution in [0.15, 0.2) is 30.3 Å². The molecule has 0 saturated carbocycles. The maximum absolute atomic E-state index is 12.2. The maximum Gasteiger partial charge on any atom is 0.266 e. The van der Waals surface area contributed by atoms with Gasteiger partial charge in [0.1, 0.15) is 5.75 Å². The lowest BCUT2D eigenvalue weighted by molar-refractivity contribution is -0.122. The summed E-state index contributed by atoms with van der Waals surface area (Å²) in [6.45, 7) is 7.20. The van der Waals surface area contributed by atoms with Crippen LogP contribution >= 0.6 is 0 Å². The van der Waals surface area contributed by atoms with Crippen molar-refractivity contribution in [3.8, 4) is 5.75 Å². The standard InChI is InChI=1S/C17H21N3O3/c1-10(2)15-9-16(20-19-15)18-17(22)12(4)23-14-7-5-6-13(8-14)11(3)21/h5-10,12H,1-4H3,(H2,18,19,20,22)/t12-/m0/s1. The van der Waals surface area contributed by atoms with E-state index in [1.807, 2.05) is 13.8 Å². The largest absolute Gasteiger partial charge is 0.481 e. The molecule has 2 N–H and O–H groups in total. The number of ether oxygens (including phenoxy) is 1. The maximum atomic E-state index is 12.2. The first-order valence-corrected chi connectivity index (χ1v) is 7.50. The molecule has 1 aromatic heterocycles. The number of benzene rings is 1. The molecule has 6 nitrogen and oxygen atoms in total. The van der Waals surface area contributed by atoms with E-state index in [1.54, 1.807) is 37.3 Å². The second-order valence-corrected chi connectivity index (χ2v) is 5.70. The molecule has 0 saturated heterocycles. The zero-order valence-electron chi connectivity index (χ0n) is 13.7. The highest BCUT2D eigenvalue weighted by molar-refractivity contribution is 5.95. The van der Waals surface area contributed by atoms with Gasteiger partial charge in [0.15, 0.2) is 17.7 Å². The molecule has 0 spiro atoms. The lowest BCUT2D eigenvalue weighted by Crippen LogP contribution is -2.30. The number of carbonyl (C=O) groups is 2. The monoisotopic (exact) mass is 315 g/mol. The lowest BCUT2D eigenvalue weighted by Gasteiger charge is -2.14. The molecular weight excluding hydrogens is 294 g/mol. The number of nitrogens with zero attached hydrogens (tertiary/aromatic N) is 1. The predicted molar refractivity (Wildman–Crippen MR) is 87.8 cm³/mol. The van der Waals surface area contributed by atoms with Gasteiger partial charge in [-0.25, -0.2) is 0 Å². The summed E-state index contributed by atoms with van der Waals surface area (Å²) in [5, 5.41) is 9.62. The fourth-order valence-corrected chi connectivity index (χ4v) is 1.97. The molecule has 6 heteroatoms. The fraction of sp³-hybridized carbons (Fsp3) is 0.353. The third-order valence-corrected chi connectivity index (χ3v) is 3.39. The molecule has 0 fully saturated rings. The summed E-state index contributed by atoms with van der Waals surface area (Å²) >= 11 is 0. The van der Waals surface area contributed by atoms with Crippen molar-refractivity contribution >= 4 is 17.5 Å². The van der Waals surface area contributed by atoms with Gasteiger partial charge in [0.05, 0.1) is 0 Å². The predicted octanol–water partition coefficient (Wildman–Crippen LogP) is 3.14. The van der Waals surface area contributed by atoms with E-state index in [9.17, 15) is 9.59 Å². The molecule has 122 valence electrons. The van der Waals surface area contributed by atoms with E-state index in [4.69, 9.17) is 4.74 Å². The molecule has 0 aliphatic rings. The molecule has 2 aromatic rings. The van der Waals surface area contributed by atoms with Gasteiger partial charge < -0.3 is 10.1 Å². The molecular formula is C17H21N3O3. The van der Waals surface area contributed by atoms with Gasteiger partial charge in [-0.2, -0.15) is 5.10 Å². The van der Waals surface area contributed by atoms with Crippen molar-refractivity contribution in [2.75, 3.05) is 5.32 Å². The van der Waals surface area contributed by atoms with Gasteiger partial charge in [-0.3, -0.25) is 14.7 Å². The number of aromatic amines is 1. The van der Waals surface area contributed by atoms with Crippen LogP contribution in [0, 0.1) is 0 Å². The Kier molecular flexibility index (Phi) is 5.16. The number of ketones is 1. The smallest absolute Gasteiger partial charge is 0.266 e. The summed E-state index contributed by atoms with van der Waals surface area (Å²) in [4.78, 5) is 23.5. The van der Waals surface area contributed by atoms with Crippen molar-refractivity contribution in [3.63, 3.8) is 0 Å². The minimum atomic E-state index is -0.712. The molecule has 23 heavy (non-hydrogen) atoms. The van der Waals surface area contributed by atoms with Crippen LogP contribution in [0.2, 0.25) is 0 Å². The van der Waals surface area contributed by atoms with Crippen LogP contribution in [0.1, 0.15) is 49.7 Å². The lowest BCUT2D eigenvalue weighted by atomic mass is 10.1. The Hall–Kier alpha value is -2.63. The van der Waals surface area contributed by atoms with Crippen LogP contribution in [0.4, 0.5) is 5.82 Å².